The zero-order chi connectivity index (χ0) is 18.5. The first-order chi connectivity index (χ1) is 12.5. The molecule has 0 radical (unpaired) electrons. The maximum Gasteiger partial charge on any atom is 0.258 e. The van der Waals surface area contributed by atoms with Gasteiger partial charge in [0, 0.05) is 29.3 Å². The van der Waals surface area contributed by atoms with Crippen LogP contribution in [-0.2, 0) is 0 Å². The fourth-order valence-electron chi connectivity index (χ4n) is 2.19. The molecule has 1 aromatic heterocycles. The van der Waals surface area contributed by atoms with Crippen LogP contribution >= 0.6 is 0 Å². The zero-order valence-electron chi connectivity index (χ0n) is 13.9. The standard InChI is InChI=1S/C19H15FN4O2/c1-12(25)13-3-2-4-17(9-13)24-19-21-10-14(11-22-19)18(26)23-16-7-5-15(20)6-8-16/h2-11H,1H3,(H,23,26)(H,21,22,24). The van der Waals surface area contributed by atoms with E-state index >= 15 is 0 Å². The molecule has 6 nitrogen and oxygen atoms in total. The van der Waals surface area contributed by atoms with E-state index in [4.69, 9.17) is 0 Å². The Bertz CT molecular complexity index is 941. The van der Waals surface area contributed by atoms with Crippen LogP contribution < -0.4 is 10.6 Å². The van der Waals surface area contributed by atoms with Crippen LogP contribution in [0.15, 0.2) is 60.9 Å². The lowest BCUT2D eigenvalue weighted by Crippen LogP contribution is -2.13. The highest BCUT2D eigenvalue weighted by Gasteiger charge is 2.08. The highest BCUT2D eigenvalue weighted by molar-refractivity contribution is 6.03. The summed E-state index contributed by atoms with van der Waals surface area (Å²) in [5.41, 5.74) is 1.98. The van der Waals surface area contributed by atoms with Gasteiger partial charge in [0.05, 0.1) is 5.56 Å². The van der Waals surface area contributed by atoms with E-state index in [9.17, 15) is 14.0 Å². The summed E-state index contributed by atoms with van der Waals surface area (Å²) in [6.45, 7) is 1.49. The summed E-state index contributed by atoms with van der Waals surface area (Å²) in [5, 5.41) is 5.60. The predicted molar refractivity (Wildman–Crippen MR) is 96.1 cm³/mol. The van der Waals surface area contributed by atoms with Crippen molar-refractivity contribution in [1.82, 2.24) is 9.97 Å². The Kier molecular flexibility index (Phi) is 4.98. The molecule has 1 heterocycles. The van der Waals surface area contributed by atoms with Crippen molar-refractivity contribution in [1.29, 1.82) is 0 Å². The molecule has 2 aromatic carbocycles. The maximum absolute atomic E-state index is 12.9. The molecule has 2 N–H and O–H groups in total. The molecule has 0 aliphatic carbocycles. The Labute approximate surface area is 149 Å². The van der Waals surface area contributed by atoms with E-state index in [-0.39, 0.29) is 17.2 Å². The van der Waals surface area contributed by atoms with Crippen LogP contribution in [0.2, 0.25) is 0 Å². The highest BCUT2D eigenvalue weighted by Crippen LogP contribution is 2.15. The first kappa shape index (κ1) is 17.2. The molecule has 0 saturated heterocycles. The number of hydrogen-bond donors (Lipinski definition) is 2. The van der Waals surface area contributed by atoms with Crippen LogP contribution in [-0.4, -0.2) is 21.7 Å². The molecule has 0 aliphatic heterocycles. The quantitative estimate of drug-likeness (QED) is 0.684. The minimum atomic E-state index is -0.401. The van der Waals surface area contributed by atoms with Crippen molar-refractivity contribution in [3.05, 3.63) is 77.9 Å². The van der Waals surface area contributed by atoms with Gasteiger partial charge in [-0.1, -0.05) is 12.1 Å². The Morgan fingerprint density at radius 2 is 1.62 bits per heavy atom. The van der Waals surface area contributed by atoms with Crippen LogP contribution in [0, 0.1) is 5.82 Å². The van der Waals surface area contributed by atoms with Crippen molar-refractivity contribution in [2.75, 3.05) is 10.6 Å². The molecule has 3 aromatic rings. The second-order valence-electron chi connectivity index (χ2n) is 5.52. The molecule has 0 atom stereocenters. The van der Waals surface area contributed by atoms with Gasteiger partial charge in [0.2, 0.25) is 5.95 Å². The number of Topliss-reactive ketones (excluding diaryl/α,β-unsaturated/α-hetero) is 1. The van der Waals surface area contributed by atoms with Gasteiger partial charge < -0.3 is 10.6 Å². The molecule has 0 fully saturated rings. The third-order valence-corrected chi connectivity index (χ3v) is 3.54. The summed E-state index contributed by atoms with van der Waals surface area (Å²) in [6.07, 6.45) is 2.76. The molecule has 7 heteroatoms. The SMILES string of the molecule is CC(=O)c1cccc(Nc2ncc(C(=O)Nc3ccc(F)cc3)cn2)c1. The number of hydrogen-bond acceptors (Lipinski definition) is 5. The van der Waals surface area contributed by atoms with E-state index in [1.54, 1.807) is 24.3 Å². The number of rotatable bonds is 5. The topological polar surface area (TPSA) is 84.0 Å². The molecule has 0 saturated carbocycles. The zero-order valence-corrected chi connectivity index (χ0v) is 13.9. The van der Waals surface area contributed by atoms with Gasteiger partial charge >= 0.3 is 0 Å². The predicted octanol–water partition coefficient (Wildman–Crippen LogP) is 3.81. The molecule has 1 amide bonds. The molecular formula is C19H15FN4O2. The number of anilines is 3. The maximum atomic E-state index is 12.9. The van der Waals surface area contributed by atoms with Crippen molar-refractivity contribution in [3.8, 4) is 0 Å². The average molecular weight is 350 g/mol. The van der Waals surface area contributed by atoms with Crippen molar-refractivity contribution >= 4 is 29.0 Å². The van der Waals surface area contributed by atoms with Gasteiger partial charge in [-0.05, 0) is 43.3 Å². The summed E-state index contributed by atoms with van der Waals surface area (Å²) in [6, 6.07) is 12.4. The van der Waals surface area contributed by atoms with E-state index in [0.717, 1.165) is 0 Å². The fourth-order valence-corrected chi connectivity index (χ4v) is 2.19. The van der Waals surface area contributed by atoms with Crippen LogP contribution in [0.1, 0.15) is 27.6 Å². The fraction of sp³-hybridized carbons (Fsp3) is 0.0526. The van der Waals surface area contributed by atoms with Gasteiger partial charge in [0.25, 0.3) is 5.91 Å². The van der Waals surface area contributed by atoms with Crippen LogP contribution in [0.5, 0.6) is 0 Å². The van der Waals surface area contributed by atoms with Gasteiger partial charge in [-0.15, -0.1) is 0 Å². The Morgan fingerprint density at radius 1 is 0.923 bits per heavy atom. The number of amides is 1. The molecule has 0 aliphatic rings. The number of nitrogens with zero attached hydrogens (tertiary/aromatic N) is 2. The third-order valence-electron chi connectivity index (χ3n) is 3.54. The van der Waals surface area contributed by atoms with Crippen LogP contribution in [0.3, 0.4) is 0 Å². The number of carbonyl (C=O) groups excluding carboxylic acids is 2. The highest BCUT2D eigenvalue weighted by atomic mass is 19.1. The minimum absolute atomic E-state index is 0.0395. The van der Waals surface area contributed by atoms with E-state index < -0.39 is 5.91 Å². The second kappa shape index (κ2) is 7.52. The third kappa shape index (κ3) is 4.27. The normalized spacial score (nSPS) is 10.2. The number of halogens is 1. The molecule has 130 valence electrons. The molecule has 0 unspecified atom stereocenters. The lowest BCUT2D eigenvalue weighted by atomic mass is 10.1. The molecule has 0 spiro atoms. The summed E-state index contributed by atoms with van der Waals surface area (Å²) < 4.78 is 12.9. The van der Waals surface area contributed by atoms with Crippen molar-refractivity contribution in [3.63, 3.8) is 0 Å². The number of aromatic nitrogens is 2. The lowest BCUT2D eigenvalue weighted by molar-refractivity contribution is 0.101. The lowest BCUT2D eigenvalue weighted by Gasteiger charge is -2.07. The van der Waals surface area contributed by atoms with Crippen LogP contribution in [0.4, 0.5) is 21.7 Å². The van der Waals surface area contributed by atoms with Crippen LogP contribution in [0.25, 0.3) is 0 Å². The molecule has 26 heavy (non-hydrogen) atoms. The van der Waals surface area contributed by atoms with E-state index in [1.807, 2.05) is 0 Å². The number of ketones is 1. The Morgan fingerprint density at radius 3 is 2.27 bits per heavy atom. The largest absolute Gasteiger partial charge is 0.324 e. The van der Waals surface area contributed by atoms with E-state index in [0.29, 0.717) is 22.9 Å². The van der Waals surface area contributed by atoms with Gasteiger partial charge in [0.1, 0.15) is 5.82 Å². The smallest absolute Gasteiger partial charge is 0.258 e. The van der Waals surface area contributed by atoms with E-state index in [2.05, 4.69) is 20.6 Å². The number of carbonyl (C=O) groups is 2. The van der Waals surface area contributed by atoms with Gasteiger partial charge in [-0.25, -0.2) is 14.4 Å². The Balaban J connectivity index is 1.68. The first-order valence-corrected chi connectivity index (χ1v) is 7.78. The summed E-state index contributed by atoms with van der Waals surface area (Å²) in [7, 11) is 0. The van der Waals surface area contributed by atoms with Gasteiger partial charge in [0.15, 0.2) is 5.78 Å². The average Bonchev–Trinajstić information content (AvgIpc) is 2.64. The molecule has 0 bridgehead atoms. The number of benzene rings is 2. The second-order valence-corrected chi connectivity index (χ2v) is 5.52. The minimum Gasteiger partial charge on any atom is -0.324 e. The summed E-state index contributed by atoms with van der Waals surface area (Å²) in [5.74, 6) is -0.524. The van der Waals surface area contributed by atoms with Crippen molar-refractivity contribution in [2.24, 2.45) is 0 Å². The van der Waals surface area contributed by atoms with Gasteiger partial charge in [-0.2, -0.15) is 0 Å². The van der Waals surface area contributed by atoms with Gasteiger partial charge in [-0.3, -0.25) is 9.59 Å². The number of nitrogens with one attached hydrogen (secondary N) is 2. The van der Waals surface area contributed by atoms with Crippen molar-refractivity contribution in [2.45, 2.75) is 6.92 Å². The Hall–Kier alpha value is -3.61. The molecular weight excluding hydrogens is 335 g/mol. The summed E-state index contributed by atoms with van der Waals surface area (Å²) in [4.78, 5) is 31.8. The monoisotopic (exact) mass is 350 g/mol. The molecule has 3 rings (SSSR count). The first-order valence-electron chi connectivity index (χ1n) is 7.78. The van der Waals surface area contributed by atoms with Crippen molar-refractivity contribution < 1.29 is 14.0 Å². The van der Waals surface area contributed by atoms with E-state index in [1.165, 1.54) is 43.6 Å². The summed E-state index contributed by atoms with van der Waals surface area (Å²) >= 11 is 0.